The molecule has 1 aliphatic heterocycles. The number of nitrogens with zero attached hydrogens (tertiary/aromatic N) is 3. The van der Waals surface area contributed by atoms with Crippen LogP contribution >= 0.6 is 11.3 Å². The lowest BCUT2D eigenvalue weighted by Crippen LogP contribution is -2.29. The normalized spacial score (nSPS) is 14.3. The van der Waals surface area contributed by atoms with Crippen molar-refractivity contribution in [3.05, 3.63) is 49.5 Å². The van der Waals surface area contributed by atoms with Crippen LogP contribution in [0.4, 0.5) is 5.69 Å². The van der Waals surface area contributed by atoms with Gasteiger partial charge in [-0.3, -0.25) is 14.4 Å². The molecule has 0 fully saturated rings. The molecule has 0 aliphatic carbocycles. The van der Waals surface area contributed by atoms with Crippen LogP contribution in [0.15, 0.2) is 34.1 Å². The summed E-state index contributed by atoms with van der Waals surface area (Å²) >= 11 is 1.47. The molecule has 1 aliphatic rings. The zero-order chi connectivity index (χ0) is 13.4. The van der Waals surface area contributed by atoms with Crippen LogP contribution in [0.1, 0.15) is 5.56 Å². The summed E-state index contributed by atoms with van der Waals surface area (Å²) in [4.78, 5) is 19.3. The maximum absolute atomic E-state index is 12.1. The number of hydrogen-bond donors (Lipinski definition) is 0. The van der Waals surface area contributed by atoms with E-state index in [1.54, 1.807) is 4.57 Å². The van der Waals surface area contributed by atoms with Gasteiger partial charge >= 0.3 is 0 Å². The molecule has 1 aromatic heterocycles. The van der Waals surface area contributed by atoms with Crippen LogP contribution in [0.5, 0.6) is 0 Å². The van der Waals surface area contributed by atoms with E-state index in [1.165, 1.54) is 11.3 Å². The minimum absolute atomic E-state index is 0.0814. The lowest BCUT2D eigenvalue weighted by Gasteiger charge is -2.11. The summed E-state index contributed by atoms with van der Waals surface area (Å²) in [7, 11) is 4.02. The van der Waals surface area contributed by atoms with Crippen LogP contribution in [-0.2, 0) is 6.54 Å². The Kier molecular flexibility index (Phi) is 2.98. The molecule has 0 saturated heterocycles. The van der Waals surface area contributed by atoms with Gasteiger partial charge in [-0.2, -0.15) is 0 Å². The Morgan fingerprint density at radius 1 is 1.32 bits per heavy atom. The fraction of sp³-hybridized carbons (Fsp3) is 0.286. The Labute approximate surface area is 115 Å². The Bertz CT molecular complexity index is 769. The molecular weight excluding hydrogens is 258 g/mol. The third-order valence-electron chi connectivity index (χ3n) is 3.17. The monoisotopic (exact) mass is 273 g/mol. The van der Waals surface area contributed by atoms with Crippen molar-refractivity contribution in [2.45, 2.75) is 6.54 Å². The Morgan fingerprint density at radius 2 is 2.05 bits per heavy atom. The first kappa shape index (κ1) is 12.2. The van der Waals surface area contributed by atoms with Gasteiger partial charge in [-0.25, -0.2) is 0 Å². The third kappa shape index (κ3) is 2.21. The van der Waals surface area contributed by atoms with Crippen molar-refractivity contribution < 1.29 is 0 Å². The first-order valence-electron chi connectivity index (χ1n) is 6.18. The van der Waals surface area contributed by atoms with E-state index >= 15 is 0 Å². The predicted octanol–water partition coefficient (Wildman–Crippen LogP) is 0.438. The van der Waals surface area contributed by atoms with E-state index in [9.17, 15) is 4.79 Å². The Hall–Kier alpha value is -1.88. The summed E-state index contributed by atoms with van der Waals surface area (Å²) < 4.78 is 2.51. The minimum atomic E-state index is 0.0814. The van der Waals surface area contributed by atoms with E-state index in [0.29, 0.717) is 0 Å². The first-order valence-corrected chi connectivity index (χ1v) is 7.00. The van der Waals surface area contributed by atoms with E-state index in [-0.39, 0.29) is 5.56 Å². The molecule has 3 rings (SSSR count). The van der Waals surface area contributed by atoms with E-state index in [2.05, 4.69) is 22.0 Å². The number of aromatic nitrogens is 1. The van der Waals surface area contributed by atoms with Gasteiger partial charge in [0.25, 0.3) is 5.56 Å². The lowest BCUT2D eigenvalue weighted by molar-refractivity contribution is 0.740. The number of anilines is 1. The molecular formula is C14H15N3OS. The average molecular weight is 273 g/mol. The molecule has 2 heterocycles. The smallest absolute Gasteiger partial charge is 0.270 e. The maximum atomic E-state index is 12.1. The lowest BCUT2D eigenvalue weighted by atomic mass is 10.2. The number of hydrogen-bond acceptors (Lipinski definition) is 4. The molecule has 0 unspecified atom stereocenters. The van der Waals surface area contributed by atoms with Gasteiger partial charge in [0.2, 0.25) is 0 Å². The van der Waals surface area contributed by atoms with Gasteiger partial charge < -0.3 is 4.90 Å². The van der Waals surface area contributed by atoms with Crippen LogP contribution in [0.3, 0.4) is 0 Å². The van der Waals surface area contributed by atoms with Crippen LogP contribution in [0.25, 0.3) is 6.08 Å². The summed E-state index contributed by atoms with van der Waals surface area (Å²) in [5.41, 5.74) is 2.28. The van der Waals surface area contributed by atoms with Crippen molar-refractivity contribution >= 4 is 23.1 Å². The largest absolute Gasteiger partial charge is 0.378 e. The van der Waals surface area contributed by atoms with Crippen molar-refractivity contribution in [1.29, 1.82) is 0 Å². The summed E-state index contributed by atoms with van der Waals surface area (Å²) in [6.45, 7) is 1.46. The molecule has 0 amide bonds. The standard InChI is InChI=1S/C14H15N3OS/c1-16(2)11-5-3-10(4-6-11)9-12-13(18)17-8-7-15-14(17)19-12/h3-6,9H,7-8H2,1-2H3/b12-9-. The molecule has 0 radical (unpaired) electrons. The SMILES string of the molecule is CN(C)c1ccc(/C=c2\sc3n(c2=O)CCN=3)cc1. The van der Waals surface area contributed by atoms with E-state index in [4.69, 9.17) is 0 Å². The second kappa shape index (κ2) is 4.66. The highest BCUT2D eigenvalue weighted by molar-refractivity contribution is 7.07. The van der Waals surface area contributed by atoms with E-state index < -0.39 is 0 Å². The molecule has 0 atom stereocenters. The molecule has 0 spiro atoms. The zero-order valence-electron chi connectivity index (χ0n) is 11.0. The van der Waals surface area contributed by atoms with Gasteiger partial charge in [0.15, 0.2) is 4.80 Å². The Balaban J connectivity index is 2.05. The molecule has 0 N–H and O–H groups in total. The maximum Gasteiger partial charge on any atom is 0.270 e. The van der Waals surface area contributed by atoms with E-state index in [0.717, 1.165) is 33.7 Å². The van der Waals surface area contributed by atoms with Gasteiger partial charge in [0.1, 0.15) is 0 Å². The van der Waals surface area contributed by atoms with Crippen LogP contribution in [0.2, 0.25) is 0 Å². The first-order chi connectivity index (χ1) is 9.15. The summed E-state index contributed by atoms with van der Waals surface area (Å²) in [5.74, 6) is 0. The van der Waals surface area contributed by atoms with Gasteiger partial charge in [0, 0.05) is 26.3 Å². The molecule has 1 aromatic carbocycles. The highest BCUT2D eigenvalue weighted by atomic mass is 32.1. The fourth-order valence-corrected chi connectivity index (χ4v) is 3.12. The van der Waals surface area contributed by atoms with Crippen molar-refractivity contribution in [2.75, 3.05) is 25.5 Å². The molecule has 5 heteroatoms. The molecule has 0 saturated carbocycles. The van der Waals surface area contributed by atoms with Crippen molar-refractivity contribution in [1.82, 2.24) is 4.57 Å². The molecule has 98 valence electrons. The van der Waals surface area contributed by atoms with Gasteiger partial charge in [-0.15, -0.1) is 0 Å². The molecule has 0 bridgehead atoms. The number of rotatable bonds is 2. The zero-order valence-corrected chi connectivity index (χ0v) is 11.8. The van der Waals surface area contributed by atoms with Crippen molar-refractivity contribution in [3.63, 3.8) is 0 Å². The second-order valence-corrected chi connectivity index (χ2v) is 5.73. The van der Waals surface area contributed by atoms with Crippen LogP contribution in [0, 0.1) is 0 Å². The molecule has 4 nitrogen and oxygen atoms in total. The predicted molar refractivity (Wildman–Crippen MR) is 78.6 cm³/mol. The van der Waals surface area contributed by atoms with Crippen LogP contribution in [-0.4, -0.2) is 25.2 Å². The minimum Gasteiger partial charge on any atom is -0.378 e. The quantitative estimate of drug-likeness (QED) is 0.796. The van der Waals surface area contributed by atoms with Gasteiger partial charge in [0.05, 0.1) is 11.1 Å². The molecule has 19 heavy (non-hydrogen) atoms. The number of fused-ring (bicyclic) bond motifs is 1. The summed E-state index contributed by atoms with van der Waals surface area (Å²) in [5, 5.41) is 0. The second-order valence-electron chi connectivity index (χ2n) is 4.72. The highest BCUT2D eigenvalue weighted by Crippen LogP contribution is 2.12. The average Bonchev–Trinajstić information content (AvgIpc) is 2.95. The number of thiazole rings is 1. The van der Waals surface area contributed by atoms with Gasteiger partial charge in [-0.1, -0.05) is 23.5 Å². The van der Waals surface area contributed by atoms with Crippen molar-refractivity contribution in [2.24, 2.45) is 4.99 Å². The van der Waals surface area contributed by atoms with E-state index in [1.807, 2.05) is 32.3 Å². The third-order valence-corrected chi connectivity index (χ3v) is 4.21. The molecule has 2 aromatic rings. The topological polar surface area (TPSA) is 37.6 Å². The fourth-order valence-electron chi connectivity index (χ4n) is 2.09. The summed E-state index contributed by atoms with van der Waals surface area (Å²) in [6.07, 6.45) is 1.94. The number of benzene rings is 1. The van der Waals surface area contributed by atoms with Crippen molar-refractivity contribution in [3.8, 4) is 0 Å². The van der Waals surface area contributed by atoms with Gasteiger partial charge in [-0.05, 0) is 23.8 Å². The highest BCUT2D eigenvalue weighted by Gasteiger charge is 2.09. The summed E-state index contributed by atoms with van der Waals surface area (Å²) in [6, 6.07) is 8.16. The van der Waals surface area contributed by atoms with Crippen LogP contribution < -0.4 is 19.8 Å². The Morgan fingerprint density at radius 3 is 2.68 bits per heavy atom.